The van der Waals surface area contributed by atoms with Crippen molar-refractivity contribution in [2.24, 2.45) is 0 Å². The lowest BCUT2D eigenvalue weighted by molar-refractivity contribution is 0.342. The van der Waals surface area contributed by atoms with E-state index >= 15 is 0 Å². The first-order valence-electron chi connectivity index (χ1n) is 7.24. The van der Waals surface area contributed by atoms with E-state index in [1.165, 1.54) is 11.1 Å². The van der Waals surface area contributed by atoms with E-state index < -0.39 is 0 Å². The van der Waals surface area contributed by atoms with Gasteiger partial charge in [0.1, 0.15) is 11.1 Å². The Kier molecular flexibility index (Phi) is 3.61. The maximum atomic E-state index is 6.08. The lowest BCUT2D eigenvalue weighted by Gasteiger charge is -2.04. The van der Waals surface area contributed by atoms with E-state index in [0.29, 0.717) is 6.61 Å². The van der Waals surface area contributed by atoms with Gasteiger partial charge in [0, 0.05) is 6.07 Å². The molecule has 0 unspecified atom stereocenters. The first-order valence-corrected chi connectivity index (χ1v) is 7.24. The number of benzene rings is 2. The molecule has 1 heterocycles. The Labute approximate surface area is 125 Å². The molecule has 0 amide bonds. The number of ether oxygens (including phenoxy) is 1. The predicted octanol–water partition coefficient (Wildman–Crippen LogP) is 5.40. The molecule has 3 rings (SSSR count). The third-order valence-electron chi connectivity index (χ3n) is 3.52. The summed E-state index contributed by atoms with van der Waals surface area (Å²) in [5.41, 5.74) is 4.33. The second-order valence-corrected chi connectivity index (χ2v) is 5.27. The SMILES string of the molecule is CCOc1cc(-c2ccc(C)cc2)[o+]c2cc(C)ccc12. The Morgan fingerprint density at radius 2 is 1.62 bits per heavy atom. The van der Waals surface area contributed by atoms with E-state index in [2.05, 4.69) is 56.3 Å². The molecule has 0 aliphatic heterocycles. The summed E-state index contributed by atoms with van der Waals surface area (Å²) >= 11 is 0. The molecular formula is C19H19O2+. The van der Waals surface area contributed by atoms with E-state index in [4.69, 9.17) is 9.15 Å². The van der Waals surface area contributed by atoms with Gasteiger partial charge in [-0.3, -0.25) is 0 Å². The summed E-state index contributed by atoms with van der Waals surface area (Å²) in [7, 11) is 0. The number of hydrogen-bond acceptors (Lipinski definition) is 1. The first kappa shape index (κ1) is 13.6. The van der Waals surface area contributed by atoms with Crippen molar-refractivity contribution in [3.63, 3.8) is 0 Å². The Morgan fingerprint density at radius 1 is 0.905 bits per heavy atom. The monoisotopic (exact) mass is 279 g/mol. The van der Waals surface area contributed by atoms with Crippen molar-refractivity contribution in [1.82, 2.24) is 0 Å². The molecule has 0 fully saturated rings. The van der Waals surface area contributed by atoms with Crippen LogP contribution in [0.5, 0.6) is 5.75 Å². The second-order valence-electron chi connectivity index (χ2n) is 5.27. The fraction of sp³-hybridized carbons (Fsp3) is 0.211. The fourth-order valence-electron chi connectivity index (χ4n) is 2.40. The molecule has 3 aromatic rings. The van der Waals surface area contributed by atoms with Crippen LogP contribution in [-0.2, 0) is 0 Å². The van der Waals surface area contributed by atoms with Gasteiger partial charge in [0.15, 0.2) is 0 Å². The minimum absolute atomic E-state index is 0.639. The lowest BCUT2D eigenvalue weighted by atomic mass is 10.1. The molecule has 0 saturated carbocycles. The van der Waals surface area contributed by atoms with Gasteiger partial charge in [-0.1, -0.05) is 23.8 Å². The standard InChI is InChI=1S/C19H19O2/c1-4-20-18-12-17(15-8-5-13(2)6-9-15)21-19-11-14(3)7-10-16(18)19/h5-12H,4H2,1-3H3/q+1. The summed E-state index contributed by atoms with van der Waals surface area (Å²) in [6, 6.07) is 16.5. The molecule has 1 aromatic heterocycles. The van der Waals surface area contributed by atoms with Gasteiger partial charge in [0.05, 0.1) is 18.2 Å². The van der Waals surface area contributed by atoms with Crippen molar-refractivity contribution in [3.05, 3.63) is 59.7 Å². The van der Waals surface area contributed by atoms with Crippen LogP contribution in [0, 0.1) is 13.8 Å². The molecule has 0 aliphatic rings. The quantitative estimate of drug-likeness (QED) is 0.599. The van der Waals surface area contributed by atoms with Crippen molar-refractivity contribution < 1.29 is 9.15 Å². The molecule has 0 spiro atoms. The molecule has 0 saturated heterocycles. The molecule has 0 aliphatic carbocycles. The van der Waals surface area contributed by atoms with Crippen LogP contribution in [-0.4, -0.2) is 6.61 Å². The van der Waals surface area contributed by atoms with Crippen LogP contribution >= 0.6 is 0 Å². The summed E-state index contributed by atoms with van der Waals surface area (Å²) in [6.07, 6.45) is 0. The highest BCUT2D eigenvalue weighted by molar-refractivity contribution is 5.86. The Bertz CT molecular complexity index is 773. The highest BCUT2D eigenvalue weighted by Crippen LogP contribution is 2.33. The van der Waals surface area contributed by atoms with Gasteiger partial charge >= 0.3 is 11.3 Å². The van der Waals surface area contributed by atoms with Gasteiger partial charge in [0.25, 0.3) is 0 Å². The maximum absolute atomic E-state index is 6.08. The average Bonchev–Trinajstić information content (AvgIpc) is 2.47. The largest absolute Gasteiger partial charge is 0.493 e. The molecule has 21 heavy (non-hydrogen) atoms. The van der Waals surface area contributed by atoms with Gasteiger partial charge in [-0.2, -0.15) is 0 Å². The van der Waals surface area contributed by atoms with Gasteiger partial charge in [-0.15, -0.1) is 0 Å². The third kappa shape index (κ3) is 2.75. The summed E-state index contributed by atoms with van der Waals surface area (Å²) in [5, 5.41) is 1.01. The number of aryl methyl sites for hydroxylation is 2. The predicted molar refractivity (Wildman–Crippen MR) is 86.7 cm³/mol. The second kappa shape index (κ2) is 5.57. The minimum atomic E-state index is 0.639. The fourth-order valence-corrected chi connectivity index (χ4v) is 2.40. The maximum Gasteiger partial charge on any atom is 0.364 e. The zero-order chi connectivity index (χ0) is 14.8. The lowest BCUT2D eigenvalue weighted by Crippen LogP contribution is -1.93. The smallest absolute Gasteiger partial charge is 0.364 e. The van der Waals surface area contributed by atoms with Crippen molar-refractivity contribution >= 4 is 11.0 Å². The molecule has 106 valence electrons. The Hall–Kier alpha value is -2.35. The first-order chi connectivity index (χ1) is 10.2. The van der Waals surface area contributed by atoms with Crippen LogP contribution in [0.3, 0.4) is 0 Å². The van der Waals surface area contributed by atoms with Gasteiger partial charge in [0.2, 0.25) is 0 Å². The van der Waals surface area contributed by atoms with Crippen LogP contribution in [0.25, 0.3) is 22.3 Å². The highest BCUT2D eigenvalue weighted by Gasteiger charge is 2.19. The molecule has 2 heteroatoms. The van der Waals surface area contributed by atoms with Crippen molar-refractivity contribution in [2.75, 3.05) is 6.61 Å². The van der Waals surface area contributed by atoms with Gasteiger partial charge < -0.3 is 4.74 Å². The van der Waals surface area contributed by atoms with Crippen molar-refractivity contribution in [1.29, 1.82) is 0 Å². The zero-order valence-electron chi connectivity index (χ0n) is 12.6. The van der Waals surface area contributed by atoms with E-state index in [0.717, 1.165) is 28.0 Å². The molecule has 2 aromatic carbocycles. The molecule has 0 bridgehead atoms. The van der Waals surface area contributed by atoms with E-state index in [1.807, 2.05) is 13.0 Å². The van der Waals surface area contributed by atoms with Gasteiger partial charge in [-0.05, 0) is 44.5 Å². The Balaban J connectivity index is 2.21. The van der Waals surface area contributed by atoms with E-state index in [9.17, 15) is 0 Å². The van der Waals surface area contributed by atoms with Gasteiger partial charge in [-0.25, -0.2) is 4.42 Å². The minimum Gasteiger partial charge on any atom is -0.493 e. The zero-order valence-corrected chi connectivity index (χ0v) is 12.6. The Morgan fingerprint density at radius 3 is 2.33 bits per heavy atom. The van der Waals surface area contributed by atoms with E-state index in [1.54, 1.807) is 0 Å². The molecule has 2 nitrogen and oxygen atoms in total. The molecule has 0 N–H and O–H groups in total. The van der Waals surface area contributed by atoms with Crippen molar-refractivity contribution in [2.45, 2.75) is 20.8 Å². The number of fused-ring (bicyclic) bond motifs is 1. The van der Waals surface area contributed by atoms with Crippen LogP contribution in [0.2, 0.25) is 0 Å². The topological polar surface area (TPSA) is 20.5 Å². The van der Waals surface area contributed by atoms with Crippen LogP contribution in [0.1, 0.15) is 18.1 Å². The normalized spacial score (nSPS) is 10.8. The average molecular weight is 279 g/mol. The summed E-state index contributed by atoms with van der Waals surface area (Å²) in [5.74, 6) is 1.70. The molecule has 0 radical (unpaired) electrons. The summed E-state index contributed by atoms with van der Waals surface area (Å²) in [6.45, 7) is 6.78. The van der Waals surface area contributed by atoms with Crippen LogP contribution in [0.15, 0.2) is 52.9 Å². The molecular weight excluding hydrogens is 260 g/mol. The van der Waals surface area contributed by atoms with Crippen LogP contribution in [0.4, 0.5) is 0 Å². The summed E-state index contributed by atoms with van der Waals surface area (Å²) in [4.78, 5) is 0. The van der Waals surface area contributed by atoms with Crippen molar-refractivity contribution in [3.8, 4) is 17.1 Å². The van der Waals surface area contributed by atoms with Crippen LogP contribution < -0.4 is 4.74 Å². The molecule has 0 atom stereocenters. The number of rotatable bonds is 3. The third-order valence-corrected chi connectivity index (χ3v) is 3.52. The number of hydrogen-bond donors (Lipinski definition) is 0. The van der Waals surface area contributed by atoms with E-state index in [-0.39, 0.29) is 0 Å². The summed E-state index contributed by atoms with van der Waals surface area (Å²) < 4.78 is 11.9. The highest BCUT2D eigenvalue weighted by atomic mass is 16.5.